The molecular weight excluding hydrogens is 242 g/mol. The van der Waals surface area contributed by atoms with Crippen molar-refractivity contribution >= 4 is 11.3 Å². The third kappa shape index (κ3) is 2.96. The predicted molar refractivity (Wildman–Crippen MR) is 76.3 cm³/mol. The number of rotatable bonds is 5. The molecule has 0 saturated carbocycles. The van der Waals surface area contributed by atoms with Crippen LogP contribution < -0.4 is 5.73 Å². The molecule has 4 heteroatoms. The van der Waals surface area contributed by atoms with E-state index in [0.29, 0.717) is 12.6 Å². The van der Waals surface area contributed by atoms with E-state index in [1.807, 2.05) is 18.3 Å². The Morgan fingerprint density at radius 3 is 2.89 bits per heavy atom. The number of thiophene rings is 1. The predicted octanol–water partition coefficient (Wildman–Crippen LogP) is 2.79. The van der Waals surface area contributed by atoms with Crippen molar-refractivity contribution in [3.63, 3.8) is 0 Å². The quantitative estimate of drug-likeness (QED) is 0.900. The second kappa shape index (κ2) is 6.09. The van der Waals surface area contributed by atoms with Crippen LogP contribution in [-0.2, 0) is 13.1 Å². The SMILES string of the molecule is CC(c1cccs1)N(C)Cc1ncccc1CN. The smallest absolute Gasteiger partial charge is 0.0588 e. The maximum Gasteiger partial charge on any atom is 0.0588 e. The molecule has 0 aromatic carbocycles. The zero-order valence-corrected chi connectivity index (χ0v) is 11.7. The van der Waals surface area contributed by atoms with Gasteiger partial charge in [-0.2, -0.15) is 0 Å². The lowest BCUT2D eigenvalue weighted by molar-refractivity contribution is 0.252. The van der Waals surface area contributed by atoms with E-state index >= 15 is 0 Å². The first kappa shape index (κ1) is 13.2. The standard InChI is InChI=1S/C14H19N3S/c1-11(14-6-4-8-18-14)17(2)10-13-12(9-15)5-3-7-16-13/h3-8,11H,9-10,15H2,1-2H3. The fraction of sp³-hybridized carbons (Fsp3) is 0.357. The molecule has 1 atom stereocenters. The fourth-order valence-corrected chi connectivity index (χ4v) is 2.77. The molecule has 2 aromatic heterocycles. The summed E-state index contributed by atoms with van der Waals surface area (Å²) in [5.74, 6) is 0. The summed E-state index contributed by atoms with van der Waals surface area (Å²) in [4.78, 5) is 8.11. The van der Waals surface area contributed by atoms with Gasteiger partial charge in [0.2, 0.25) is 0 Å². The van der Waals surface area contributed by atoms with Crippen molar-refractivity contribution < 1.29 is 0 Å². The maximum atomic E-state index is 5.74. The van der Waals surface area contributed by atoms with Gasteiger partial charge in [0.25, 0.3) is 0 Å². The van der Waals surface area contributed by atoms with Gasteiger partial charge in [-0.15, -0.1) is 11.3 Å². The van der Waals surface area contributed by atoms with Gasteiger partial charge in [-0.1, -0.05) is 12.1 Å². The second-order valence-corrected chi connectivity index (χ2v) is 5.40. The Hall–Kier alpha value is -1.23. The molecule has 18 heavy (non-hydrogen) atoms. The van der Waals surface area contributed by atoms with Gasteiger partial charge >= 0.3 is 0 Å². The highest BCUT2D eigenvalue weighted by molar-refractivity contribution is 7.10. The lowest BCUT2D eigenvalue weighted by atomic mass is 10.1. The molecule has 2 aromatic rings. The topological polar surface area (TPSA) is 42.2 Å². The fourth-order valence-electron chi connectivity index (χ4n) is 1.92. The molecule has 0 radical (unpaired) electrons. The van der Waals surface area contributed by atoms with Gasteiger partial charge < -0.3 is 5.73 Å². The second-order valence-electron chi connectivity index (χ2n) is 4.42. The van der Waals surface area contributed by atoms with Crippen LogP contribution in [0, 0.1) is 0 Å². The van der Waals surface area contributed by atoms with Crippen LogP contribution in [0.3, 0.4) is 0 Å². The molecular formula is C14H19N3S. The molecule has 2 N–H and O–H groups in total. The average molecular weight is 261 g/mol. The molecule has 0 fully saturated rings. The van der Waals surface area contributed by atoms with Crippen LogP contribution in [0.5, 0.6) is 0 Å². The Labute approximate surface area is 112 Å². The van der Waals surface area contributed by atoms with Crippen LogP contribution in [0.4, 0.5) is 0 Å². The molecule has 0 aliphatic carbocycles. The van der Waals surface area contributed by atoms with Crippen molar-refractivity contribution in [1.82, 2.24) is 9.88 Å². The Morgan fingerprint density at radius 2 is 2.22 bits per heavy atom. The zero-order valence-electron chi connectivity index (χ0n) is 10.8. The molecule has 3 nitrogen and oxygen atoms in total. The number of nitrogens with zero attached hydrogens (tertiary/aromatic N) is 2. The minimum atomic E-state index is 0.401. The Balaban J connectivity index is 2.09. The molecule has 96 valence electrons. The van der Waals surface area contributed by atoms with E-state index in [4.69, 9.17) is 5.73 Å². The van der Waals surface area contributed by atoms with E-state index in [2.05, 4.69) is 41.4 Å². The van der Waals surface area contributed by atoms with E-state index in [1.54, 1.807) is 11.3 Å². The number of hydrogen-bond donors (Lipinski definition) is 1. The maximum absolute atomic E-state index is 5.74. The molecule has 0 saturated heterocycles. The van der Waals surface area contributed by atoms with Crippen LogP contribution in [0.15, 0.2) is 35.8 Å². The van der Waals surface area contributed by atoms with Crippen molar-refractivity contribution in [2.24, 2.45) is 5.73 Å². The van der Waals surface area contributed by atoms with Crippen LogP contribution >= 0.6 is 11.3 Å². The van der Waals surface area contributed by atoms with Crippen LogP contribution in [0.2, 0.25) is 0 Å². The van der Waals surface area contributed by atoms with E-state index in [-0.39, 0.29) is 0 Å². The normalized spacial score (nSPS) is 12.9. The molecule has 0 spiro atoms. The zero-order chi connectivity index (χ0) is 13.0. The molecule has 0 bridgehead atoms. The molecule has 2 rings (SSSR count). The van der Waals surface area contributed by atoms with E-state index < -0.39 is 0 Å². The average Bonchev–Trinajstić information content (AvgIpc) is 2.92. The van der Waals surface area contributed by atoms with Gasteiger partial charge in [0.05, 0.1) is 5.69 Å². The lowest BCUT2D eigenvalue weighted by Crippen LogP contribution is -2.23. The number of hydrogen-bond acceptors (Lipinski definition) is 4. The summed E-state index contributed by atoms with van der Waals surface area (Å²) in [5, 5.41) is 2.12. The third-order valence-electron chi connectivity index (χ3n) is 3.22. The summed E-state index contributed by atoms with van der Waals surface area (Å²) in [7, 11) is 2.12. The Bertz CT molecular complexity index is 482. The number of nitrogens with two attached hydrogens (primary N) is 1. The minimum absolute atomic E-state index is 0.401. The first-order valence-corrected chi connectivity index (χ1v) is 6.96. The minimum Gasteiger partial charge on any atom is -0.326 e. The number of aromatic nitrogens is 1. The molecule has 1 unspecified atom stereocenters. The lowest BCUT2D eigenvalue weighted by Gasteiger charge is -2.24. The van der Waals surface area contributed by atoms with Gasteiger partial charge in [0.15, 0.2) is 0 Å². The molecule has 0 amide bonds. The van der Waals surface area contributed by atoms with Gasteiger partial charge in [-0.25, -0.2) is 0 Å². The largest absolute Gasteiger partial charge is 0.326 e. The summed E-state index contributed by atoms with van der Waals surface area (Å²) in [6.07, 6.45) is 1.83. The van der Waals surface area contributed by atoms with Gasteiger partial charge in [0, 0.05) is 30.2 Å². The van der Waals surface area contributed by atoms with Crippen molar-refractivity contribution in [2.45, 2.75) is 26.1 Å². The first-order chi connectivity index (χ1) is 8.72. The monoisotopic (exact) mass is 261 g/mol. The van der Waals surface area contributed by atoms with Crippen molar-refractivity contribution in [1.29, 1.82) is 0 Å². The summed E-state index contributed by atoms with van der Waals surface area (Å²) >= 11 is 1.79. The highest BCUT2D eigenvalue weighted by Gasteiger charge is 2.14. The third-order valence-corrected chi connectivity index (χ3v) is 4.26. The van der Waals surface area contributed by atoms with Crippen molar-refractivity contribution in [3.8, 4) is 0 Å². The van der Waals surface area contributed by atoms with Crippen LogP contribution in [-0.4, -0.2) is 16.9 Å². The van der Waals surface area contributed by atoms with Gasteiger partial charge in [0.1, 0.15) is 0 Å². The highest BCUT2D eigenvalue weighted by atomic mass is 32.1. The summed E-state index contributed by atoms with van der Waals surface area (Å²) < 4.78 is 0. The van der Waals surface area contributed by atoms with Gasteiger partial charge in [-0.05, 0) is 37.0 Å². The Kier molecular flexibility index (Phi) is 4.47. The van der Waals surface area contributed by atoms with Crippen LogP contribution in [0.1, 0.15) is 29.1 Å². The first-order valence-electron chi connectivity index (χ1n) is 6.09. The summed E-state index contributed by atoms with van der Waals surface area (Å²) in [6.45, 7) is 3.59. The Morgan fingerprint density at radius 1 is 1.39 bits per heavy atom. The summed E-state index contributed by atoms with van der Waals surface area (Å²) in [5.41, 5.74) is 7.94. The molecule has 0 aliphatic rings. The van der Waals surface area contributed by atoms with Crippen molar-refractivity contribution in [2.75, 3.05) is 7.05 Å². The summed E-state index contributed by atoms with van der Waals surface area (Å²) in [6, 6.07) is 8.66. The van der Waals surface area contributed by atoms with Crippen LogP contribution in [0.25, 0.3) is 0 Å². The van der Waals surface area contributed by atoms with Gasteiger partial charge in [-0.3, -0.25) is 9.88 Å². The highest BCUT2D eigenvalue weighted by Crippen LogP contribution is 2.24. The van der Waals surface area contributed by atoms with E-state index in [0.717, 1.165) is 17.8 Å². The van der Waals surface area contributed by atoms with Crippen molar-refractivity contribution in [3.05, 3.63) is 52.0 Å². The number of pyridine rings is 1. The molecule has 2 heterocycles. The molecule has 0 aliphatic heterocycles. The van der Waals surface area contributed by atoms with E-state index in [1.165, 1.54) is 4.88 Å². The van der Waals surface area contributed by atoms with E-state index in [9.17, 15) is 0 Å².